The fourth-order valence-corrected chi connectivity index (χ4v) is 5.77. The molecule has 2 amide bonds. The van der Waals surface area contributed by atoms with E-state index in [9.17, 15) is 9.59 Å². The van der Waals surface area contributed by atoms with Crippen LogP contribution in [0, 0.1) is 5.41 Å². The van der Waals surface area contributed by atoms with Crippen LogP contribution in [-0.2, 0) is 11.2 Å². The molecule has 5 rings (SSSR count). The number of aromatic nitrogens is 2. The number of nitrogens with zero attached hydrogens (tertiary/aromatic N) is 4. The first-order chi connectivity index (χ1) is 19.5. The van der Waals surface area contributed by atoms with E-state index in [1.807, 2.05) is 28.0 Å². The van der Waals surface area contributed by atoms with Gasteiger partial charge >= 0.3 is 0 Å². The summed E-state index contributed by atoms with van der Waals surface area (Å²) in [6.45, 7) is 2.69. The molecule has 0 saturated carbocycles. The lowest BCUT2D eigenvalue weighted by molar-refractivity contribution is -0.136. The van der Waals surface area contributed by atoms with Crippen LogP contribution in [-0.4, -0.2) is 71.0 Å². The molecule has 3 heterocycles. The summed E-state index contributed by atoms with van der Waals surface area (Å²) in [5.41, 5.74) is 1.44. The van der Waals surface area contributed by atoms with Crippen LogP contribution >= 0.6 is 11.6 Å². The monoisotopic (exact) mass is 562 g/mol. The highest BCUT2D eigenvalue weighted by Crippen LogP contribution is 2.38. The Balaban J connectivity index is 1.28. The standard InChI is InChI=1S/C31H35ClN4O4/c32-25-8-10-26(11-9-25)40-22-29(37)35-17-13-31(14-18-35)12-4-3-6-24-5-1-2-7-28(24)39-20-19-36(23-31)30(38)27-21-33-15-16-34-27/h1-2,5,7-11,15-16,21H,3-4,6,12-14,17-20,22-23H2. The van der Waals surface area contributed by atoms with Gasteiger partial charge in [-0.3, -0.25) is 14.6 Å². The second-order valence-electron chi connectivity index (χ2n) is 10.6. The fourth-order valence-electron chi connectivity index (χ4n) is 5.65. The van der Waals surface area contributed by atoms with E-state index in [-0.39, 0.29) is 23.8 Å². The van der Waals surface area contributed by atoms with Crippen molar-refractivity contribution < 1.29 is 19.1 Å². The predicted octanol–water partition coefficient (Wildman–Crippen LogP) is 5.07. The van der Waals surface area contributed by atoms with Crippen LogP contribution in [0.3, 0.4) is 0 Å². The third kappa shape index (κ3) is 7.10. The number of fused-ring (bicyclic) bond motifs is 1. The number of likely N-dealkylation sites (tertiary alicyclic amines) is 1. The molecule has 0 unspecified atom stereocenters. The number of ether oxygens (including phenoxy) is 2. The van der Waals surface area contributed by atoms with Gasteiger partial charge in [0.1, 0.15) is 23.8 Å². The van der Waals surface area contributed by atoms with Crippen molar-refractivity contribution in [1.29, 1.82) is 0 Å². The second-order valence-corrected chi connectivity index (χ2v) is 11.0. The van der Waals surface area contributed by atoms with Gasteiger partial charge in [-0.25, -0.2) is 4.98 Å². The fraction of sp³-hybridized carbons (Fsp3) is 0.419. The van der Waals surface area contributed by atoms with E-state index in [1.165, 1.54) is 11.8 Å². The van der Waals surface area contributed by atoms with E-state index >= 15 is 0 Å². The molecule has 2 aliphatic rings. The number of hydrogen-bond donors (Lipinski definition) is 0. The van der Waals surface area contributed by atoms with Crippen LogP contribution < -0.4 is 9.47 Å². The number of rotatable bonds is 4. The van der Waals surface area contributed by atoms with Crippen LogP contribution in [0.5, 0.6) is 11.5 Å². The molecule has 0 radical (unpaired) electrons. The predicted molar refractivity (Wildman–Crippen MR) is 153 cm³/mol. The number of para-hydroxylation sites is 1. The molecule has 40 heavy (non-hydrogen) atoms. The van der Waals surface area contributed by atoms with E-state index in [0.29, 0.717) is 49.3 Å². The first kappa shape index (κ1) is 27.9. The molecule has 0 N–H and O–H groups in total. The molecule has 1 saturated heterocycles. The molecule has 2 aromatic carbocycles. The van der Waals surface area contributed by atoms with E-state index in [1.54, 1.807) is 36.7 Å². The molecule has 0 atom stereocenters. The van der Waals surface area contributed by atoms with Gasteiger partial charge in [0, 0.05) is 37.1 Å². The number of piperidine rings is 1. The number of amides is 2. The van der Waals surface area contributed by atoms with Crippen LogP contribution in [0.2, 0.25) is 5.02 Å². The Morgan fingerprint density at radius 2 is 1.75 bits per heavy atom. The summed E-state index contributed by atoms with van der Waals surface area (Å²) in [6.07, 6.45) is 10.3. The molecule has 8 nitrogen and oxygen atoms in total. The lowest BCUT2D eigenvalue weighted by atomic mass is 9.73. The molecule has 2 aliphatic heterocycles. The number of aryl methyl sites for hydroxylation is 1. The quantitative estimate of drug-likeness (QED) is 0.442. The van der Waals surface area contributed by atoms with Crippen LogP contribution in [0.15, 0.2) is 67.1 Å². The van der Waals surface area contributed by atoms with Gasteiger partial charge in [0.15, 0.2) is 6.61 Å². The minimum absolute atomic E-state index is 0.0112. The Hall–Kier alpha value is -3.65. The highest BCUT2D eigenvalue weighted by atomic mass is 35.5. The van der Waals surface area contributed by atoms with Gasteiger partial charge in [-0.1, -0.05) is 36.2 Å². The molecule has 0 aliphatic carbocycles. The smallest absolute Gasteiger partial charge is 0.274 e. The first-order valence-electron chi connectivity index (χ1n) is 13.9. The zero-order chi connectivity index (χ0) is 27.8. The van der Waals surface area contributed by atoms with Gasteiger partial charge in [0.2, 0.25) is 0 Å². The Morgan fingerprint density at radius 3 is 2.52 bits per heavy atom. The summed E-state index contributed by atoms with van der Waals surface area (Å²) in [7, 11) is 0. The van der Waals surface area contributed by atoms with Gasteiger partial charge in [-0.15, -0.1) is 0 Å². The minimum Gasteiger partial charge on any atom is -0.491 e. The van der Waals surface area contributed by atoms with Gasteiger partial charge in [0.25, 0.3) is 11.8 Å². The normalized spacial score (nSPS) is 17.6. The van der Waals surface area contributed by atoms with Crippen molar-refractivity contribution in [3.05, 3.63) is 83.4 Å². The Kier molecular flexibility index (Phi) is 9.16. The molecular weight excluding hydrogens is 528 g/mol. The highest BCUT2D eigenvalue weighted by molar-refractivity contribution is 6.30. The molecule has 210 valence electrons. The number of hydrogen-bond acceptors (Lipinski definition) is 6. The van der Waals surface area contributed by atoms with E-state index in [0.717, 1.165) is 44.3 Å². The van der Waals surface area contributed by atoms with Crippen molar-refractivity contribution in [2.75, 3.05) is 39.4 Å². The Bertz CT molecular complexity index is 1280. The number of carbonyl (C=O) groups excluding carboxylic acids is 2. The molecule has 1 spiro atoms. The second kappa shape index (κ2) is 13.1. The van der Waals surface area contributed by atoms with Crippen molar-refractivity contribution in [2.24, 2.45) is 5.41 Å². The number of benzene rings is 2. The number of carbonyl (C=O) groups is 2. The molecular formula is C31H35ClN4O4. The van der Waals surface area contributed by atoms with Gasteiger partial charge in [0.05, 0.1) is 12.7 Å². The molecule has 1 aromatic heterocycles. The van der Waals surface area contributed by atoms with Gasteiger partial charge in [-0.05, 0) is 73.4 Å². The Labute approximate surface area is 240 Å². The van der Waals surface area contributed by atoms with Crippen LogP contribution in [0.25, 0.3) is 0 Å². The van der Waals surface area contributed by atoms with E-state index in [2.05, 4.69) is 16.0 Å². The van der Waals surface area contributed by atoms with Crippen molar-refractivity contribution in [2.45, 2.75) is 38.5 Å². The zero-order valence-corrected chi connectivity index (χ0v) is 23.4. The Morgan fingerprint density at radius 1 is 0.950 bits per heavy atom. The van der Waals surface area contributed by atoms with E-state index < -0.39 is 0 Å². The van der Waals surface area contributed by atoms with E-state index in [4.69, 9.17) is 21.1 Å². The number of halogens is 1. The van der Waals surface area contributed by atoms with Crippen molar-refractivity contribution in [3.63, 3.8) is 0 Å². The summed E-state index contributed by atoms with van der Waals surface area (Å²) in [4.78, 5) is 38.7. The van der Waals surface area contributed by atoms with Crippen LogP contribution in [0.4, 0.5) is 0 Å². The third-order valence-electron chi connectivity index (χ3n) is 7.94. The summed E-state index contributed by atoms with van der Waals surface area (Å²) in [6, 6.07) is 15.2. The maximum Gasteiger partial charge on any atom is 0.274 e. The average Bonchev–Trinajstić information content (AvgIpc) is 2.99. The highest BCUT2D eigenvalue weighted by Gasteiger charge is 2.38. The summed E-state index contributed by atoms with van der Waals surface area (Å²) in [5, 5.41) is 0.625. The van der Waals surface area contributed by atoms with Gasteiger partial charge in [-0.2, -0.15) is 0 Å². The molecule has 1 fully saturated rings. The third-order valence-corrected chi connectivity index (χ3v) is 8.20. The van der Waals surface area contributed by atoms with Crippen LogP contribution in [0.1, 0.15) is 48.2 Å². The average molecular weight is 563 g/mol. The summed E-state index contributed by atoms with van der Waals surface area (Å²) in [5.74, 6) is 1.33. The zero-order valence-electron chi connectivity index (χ0n) is 22.6. The largest absolute Gasteiger partial charge is 0.491 e. The van der Waals surface area contributed by atoms with Crippen molar-refractivity contribution >= 4 is 23.4 Å². The van der Waals surface area contributed by atoms with Crippen molar-refractivity contribution in [3.8, 4) is 11.5 Å². The van der Waals surface area contributed by atoms with Crippen molar-refractivity contribution in [1.82, 2.24) is 19.8 Å². The summed E-state index contributed by atoms with van der Waals surface area (Å²) < 4.78 is 11.9. The lowest BCUT2D eigenvalue weighted by Crippen LogP contribution is -2.50. The topological polar surface area (TPSA) is 84.9 Å². The SMILES string of the molecule is O=C(COc1ccc(Cl)cc1)N1CCC2(CCCCc3ccccc3OCCN(C(=O)c3cnccn3)C2)CC1. The molecule has 0 bridgehead atoms. The maximum atomic E-state index is 13.6. The molecule has 3 aromatic rings. The first-order valence-corrected chi connectivity index (χ1v) is 14.3. The lowest BCUT2D eigenvalue weighted by Gasteiger charge is -2.44. The van der Waals surface area contributed by atoms with Gasteiger partial charge < -0.3 is 19.3 Å². The maximum absolute atomic E-state index is 13.6. The minimum atomic E-state index is -0.142. The molecule has 9 heteroatoms. The summed E-state index contributed by atoms with van der Waals surface area (Å²) >= 11 is 5.94.